The Morgan fingerprint density at radius 3 is 2.52 bits per heavy atom. The molecule has 3 N–H and O–H groups in total. The summed E-state index contributed by atoms with van der Waals surface area (Å²) in [5.74, 6) is 0. The third-order valence-electron chi connectivity index (χ3n) is 4.45. The highest BCUT2D eigenvalue weighted by molar-refractivity contribution is 7.89. The Hall–Kier alpha value is -1.11. The summed E-state index contributed by atoms with van der Waals surface area (Å²) in [6.07, 6.45) is 1.64. The predicted octanol–water partition coefficient (Wildman–Crippen LogP) is 1.65. The standard InChI is InChI=1S/C15H25N3O2S/c1-10-7-14(16)15(8-11(10)2)21(19,20)17-13-5-6-18(4)12(3)9-13/h7-8,12-13,17H,5-6,9,16H2,1-4H3. The fraction of sp³-hybridized carbons (Fsp3) is 0.600. The van der Waals surface area contributed by atoms with Crippen LogP contribution >= 0.6 is 0 Å². The molecule has 1 aromatic rings. The number of aryl methyl sites for hydroxylation is 2. The molecule has 1 aliphatic rings. The first-order chi connectivity index (χ1) is 9.70. The van der Waals surface area contributed by atoms with Gasteiger partial charge < -0.3 is 10.6 Å². The zero-order chi connectivity index (χ0) is 15.8. The first-order valence-corrected chi connectivity index (χ1v) is 8.78. The van der Waals surface area contributed by atoms with Crippen molar-refractivity contribution in [1.29, 1.82) is 0 Å². The van der Waals surface area contributed by atoms with Crippen LogP contribution in [0.3, 0.4) is 0 Å². The van der Waals surface area contributed by atoms with Gasteiger partial charge in [-0.1, -0.05) is 0 Å². The molecule has 118 valence electrons. The van der Waals surface area contributed by atoms with Crippen LogP contribution in [0.4, 0.5) is 5.69 Å². The van der Waals surface area contributed by atoms with Gasteiger partial charge >= 0.3 is 0 Å². The van der Waals surface area contributed by atoms with E-state index in [1.54, 1.807) is 12.1 Å². The largest absolute Gasteiger partial charge is 0.398 e. The summed E-state index contributed by atoms with van der Waals surface area (Å²) in [5, 5.41) is 0. The SMILES string of the molecule is Cc1cc(N)c(S(=O)(=O)NC2CCN(C)C(C)C2)cc1C. The second kappa shape index (κ2) is 5.94. The molecule has 6 heteroatoms. The zero-order valence-corrected chi connectivity index (χ0v) is 14.0. The monoisotopic (exact) mass is 311 g/mol. The lowest BCUT2D eigenvalue weighted by atomic mass is 10.0. The molecule has 0 aliphatic carbocycles. The Balaban J connectivity index is 2.21. The number of nitrogens with two attached hydrogens (primary N) is 1. The van der Waals surface area contributed by atoms with Crippen molar-refractivity contribution in [3.8, 4) is 0 Å². The fourth-order valence-electron chi connectivity index (χ4n) is 2.72. The normalized spacial score (nSPS) is 24.2. The highest BCUT2D eigenvalue weighted by Crippen LogP contribution is 2.24. The number of benzene rings is 1. The number of nitrogen functional groups attached to an aromatic ring is 1. The van der Waals surface area contributed by atoms with Crippen LogP contribution < -0.4 is 10.5 Å². The molecule has 5 nitrogen and oxygen atoms in total. The van der Waals surface area contributed by atoms with Crippen LogP contribution in [0.2, 0.25) is 0 Å². The van der Waals surface area contributed by atoms with Gasteiger partial charge in [0.1, 0.15) is 4.90 Å². The number of anilines is 1. The van der Waals surface area contributed by atoms with E-state index in [9.17, 15) is 8.42 Å². The summed E-state index contributed by atoms with van der Waals surface area (Å²) in [6, 6.07) is 3.73. The Bertz CT molecular complexity index is 628. The lowest BCUT2D eigenvalue weighted by Crippen LogP contribution is -2.47. The van der Waals surface area contributed by atoms with E-state index in [0.29, 0.717) is 11.7 Å². The van der Waals surface area contributed by atoms with Crippen LogP contribution in [0.15, 0.2) is 17.0 Å². The predicted molar refractivity (Wildman–Crippen MR) is 85.8 cm³/mol. The molecule has 1 saturated heterocycles. The molecule has 2 rings (SSSR count). The Morgan fingerprint density at radius 2 is 1.90 bits per heavy atom. The van der Waals surface area contributed by atoms with E-state index < -0.39 is 10.0 Å². The number of nitrogens with zero attached hydrogens (tertiary/aromatic N) is 1. The summed E-state index contributed by atoms with van der Waals surface area (Å²) in [7, 11) is -1.50. The smallest absolute Gasteiger partial charge is 0.242 e. The minimum Gasteiger partial charge on any atom is -0.398 e. The number of rotatable bonds is 3. The number of piperidine rings is 1. The maximum atomic E-state index is 12.6. The topological polar surface area (TPSA) is 75.4 Å². The van der Waals surface area contributed by atoms with Crippen LogP contribution in [-0.2, 0) is 10.0 Å². The average Bonchev–Trinajstić information content (AvgIpc) is 2.37. The quantitative estimate of drug-likeness (QED) is 0.832. The highest BCUT2D eigenvalue weighted by atomic mass is 32.2. The summed E-state index contributed by atoms with van der Waals surface area (Å²) in [5.41, 5.74) is 8.15. The number of likely N-dealkylation sites (tertiary alicyclic amines) is 1. The van der Waals surface area contributed by atoms with Gasteiger partial charge in [0.05, 0.1) is 5.69 Å². The molecule has 0 saturated carbocycles. The van der Waals surface area contributed by atoms with Crippen LogP contribution in [0.1, 0.15) is 30.9 Å². The van der Waals surface area contributed by atoms with Crippen molar-refractivity contribution in [2.75, 3.05) is 19.3 Å². The number of hydrogen-bond acceptors (Lipinski definition) is 4. The number of nitrogens with one attached hydrogen (secondary N) is 1. The second-order valence-corrected chi connectivity index (χ2v) is 7.83. The van der Waals surface area contributed by atoms with Gasteiger partial charge in [-0.05, 0) is 70.5 Å². The molecule has 1 aromatic carbocycles. The fourth-order valence-corrected chi connectivity index (χ4v) is 4.21. The number of sulfonamides is 1. The molecule has 0 aromatic heterocycles. The van der Waals surface area contributed by atoms with Gasteiger partial charge in [0.25, 0.3) is 0 Å². The van der Waals surface area contributed by atoms with E-state index >= 15 is 0 Å². The lowest BCUT2D eigenvalue weighted by Gasteiger charge is -2.35. The third kappa shape index (κ3) is 3.56. The van der Waals surface area contributed by atoms with Gasteiger partial charge in [0.15, 0.2) is 0 Å². The van der Waals surface area contributed by atoms with E-state index in [1.807, 2.05) is 13.8 Å². The molecule has 2 unspecified atom stereocenters. The Labute approximate surface area is 127 Å². The van der Waals surface area contributed by atoms with Crippen LogP contribution in [0, 0.1) is 13.8 Å². The summed E-state index contributed by atoms with van der Waals surface area (Å²) < 4.78 is 28.0. The molecular weight excluding hydrogens is 286 g/mol. The minimum atomic E-state index is -3.56. The molecule has 2 atom stereocenters. The lowest BCUT2D eigenvalue weighted by molar-refractivity contribution is 0.178. The first kappa shape index (κ1) is 16.3. The average molecular weight is 311 g/mol. The molecule has 1 aliphatic heterocycles. The highest BCUT2D eigenvalue weighted by Gasteiger charge is 2.28. The molecule has 0 spiro atoms. The van der Waals surface area contributed by atoms with Crippen molar-refractivity contribution < 1.29 is 8.42 Å². The molecule has 0 amide bonds. The molecule has 0 radical (unpaired) electrons. The van der Waals surface area contributed by atoms with E-state index in [0.717, 1.165) is 30.5 Å². The van der Waals surface area contributed by atoms with Gasteiger partial charge in [-0.2, -0.15) is 0 Å². The zero-order valence-electron chi connectivity index (χ0n) is 13.2. The van der Waals surface area contributed by atoms with Gasteiger partial charge in [0.2, 0.25) is 10.0 Å². The molecule has 0 bridgehead atoms. The van der Waals surface area contributed by atoms with Crippen molar-refractivity contribution in [3.63, 3.8) is 0 Å². The van der Waals surface area contributed by atoms with E-state index in [2.05, 4.69) is 23.6 Å². The Kier molecular flexibility index (Phi) is 4.60. The van der Waals surface area contributed by atoms with Crippen LogP contribution in [0.5, 0.6) is 0 Å². The summed E-state index contributed by atoms with van der Waals surface area (Å²) in [6.45, 7) is 6.83. The van der Waals surface area contributed by atoms with Crippen molar-refractivity contribution in [3.05, 3.63) is 23.3 Å². The van der Waals surface area contributed by atoms with Crippen LogP contribution in [0.25, 0.3) is 0 Å². The summed E-state index contributed by atoms with van der Waals surface area (Å²) in [4.78, 5) is 2.44. The third-order valence-corrected chi connectivity index (χ3v) is 6.02. The van der Waals surface area contributed by atoms with Crippen molar-refractivity contribution in [1.82, 2.24) is 9.62 Å². The molecule has 1 fully saturated rings. The van der Waals surface area contributed by atoms with Gasteiger partial charge in [-0.25, -0.2) is 13.1 Å². The molecule has 1 heterocycles. The van der Waals surface area contributed by atoms with Crippen LogP contribution in [-0.4, -0.2) is 39.0 Å². The van der Waals surface area contributed by atoms with Gasteiger partial charge in [-0.3, -0.25) is 0 Å². The Morgan fingerprint density at radius 1 is 1.29 bits per heavy atom. The maximum Gasteiger partial charge on any atom is 0.242 e. The summed E-state index contributed by atoms with van der Waals surface area (Å²) >= 11 is 0. The van der Waals surface area contributed by atoms with E-state index in [4.69, 9.17) is 5.73 Å². The molecular formula is C15H25N3O2S. The van der Waals surface area contributed by atoms with Gasteiger partial charge in [0, 0.05) is 12.1 Å². The molecule has 21 heavy (non-hydrogen) atoms. The van der Waals surface area contributed by atoms with E-state index in [-0.39, 0.29) is 10.9 Å². The van der Waals surface area contributed by atoms with Crippen molar-refractivity contribution >= 4 is 15.7 Å². The second-order valence-electron chi connectivity index (χ2n) is 6.15. The minimum absolute atomic E-state index is 0.0257. The van der Waals surface area contributed by atoms with Crippen molar-refractivity contribution in [2.45, 2.75) is 50.6 Å². The first-order valence-electron chi connectivity index (χ1n) is 7.30. The van der Waals surface area contributed by atoms with E-state index in [1.165, 1.54) is 0 Å². The van der Waals surface area contributed by atoms with Gasteiger partial charge in [-0.15, -0.1) is 0 Å². The maximum absolute atomic E-state index is 12.6. The van der Waals surface area contributed by atoms with Crippen molar-refractivity contribution in [2.24, 2.45) is 0 Å². The number of hydrogen-bond donors (Lipinski definition) is 2.